The molecule has 80 valence electrons. The Hall–Kier alpha value is 1.66. The predicted octanol–water partition coefficient (Wildman–Crippen LogP) is 0.393. The molecule has 0 heterocycles. The molecule has 3 atom stereocenters. The summed E-state index contributed by atoms with van der Waals surface area (Å²) < 4.78 is -1.20. The summed E-state index contributed by atoms with van der Waals surface area (Å²) in [4.78, 5) is -0.0814. The molecule has 0 spiro atoms. The molecule has 0 aromatic carbocycles. The van der Waals surface area contributed by atoms with E-state index >= 15 is 0 Å². The summed E-state index contributed by atoms with van der Waals surface area (Å²) in [6, 6.07) is 0. The van der Waals surface area contributed by atoms with Crippen molar-refractivity contribution in [2.45, 2.75) is 38.6 Å². The van der Waals surface area contributed by atoms with Gasteiger partial charge in [0, 0.05) is 0 Å². The fourth-order valence-corrected chi connectivity index (χ4v) is 6.76. The molecule has 0 aromatic heterocycles. The molecule has 0 amide bonds. The van der Waals surface area contributed by atoms with Crippen molar-refractivity contribution in [3.8, 4) is 0 Å². The van der Waals surface area contributed by atoms with Gasteiger partial charge in [0.15, 0.2) is 0 Å². The van der Waals surface area contributed by atoms with Crippen LogP contribution in [0.3, 0.4) is 0 Å². The van der Waals surface area contributed by atoms with Gasteiger partial charge in [-0.1, -0.05) is 0 Å². The number of aliphatic hydroxyl groups is 2. The van der Waals surface area contributed by atoms with Gasteiger partial charge in [0.1, 0.15) is 0 Å². The second-order valence-electron chi connectivity index (χ2n) is 2.75. The third kappa shape index (κ3) is 6.69. The zero-order valence-corrected chi connectivity index (χ0v) is 13.1. The molecule has 0 saturated carbocycles. The monoisotopic (exact) mass is 356 g/mol. The Morgan fingerprint density at radius 1 is 1.08 bits per heavy atom. The average molecular weight is 354 g/mol. The molecule has 2 nitrogen and oxygen atoms in total. The Kier molecular flexibility index (Phi) is 7.09. The summed E-state index contributed by atoms with van der Waals surface area (Å²) in [7, 11) is 0. The van der Waals surface area contributed by atoms with Crippen LogP contribution in [0.5, 0.6) is 0 Å². The first-order chi connectivity index (χ1) is 5.75. The standard InChI is InChI=1S/C7H16O2S2Se2/c1-4(12-5(2)10)7(8,9)13-6(3)11/h4-6,8-11H,1-3H3. The SMILES string of the molecule is CC(S)[Se]C(C)C(O)(O)[Se]C(C)S. The quantitative estimate of drug-likeness (QED) is 0.328. The van der Waals surface area contributed by atoms with Gasteiger partial charge in [-0.05, 0) is 0 Å². The van der Waals surface area contributed by atoms with Gasteiger partial charge >= 0.3 is 104 Å². The maximum atomic E-state index is 9.72. The van der Waals surface area contributed by atoms with Crippen molar-refractivity contribution in [2.24, 2.45) is 0 Å². The second kappa shape index (κ2) is 6.29. The van der Waals surface area contributed by atoms with Crippen molar-refractivity contribution < 1.29 is 10.2 Å². The molecule has 0 fully saturated rings. The average Bonchev–Trinajstić information content (AvgIpc) is 1.81. The summed E-state index contributed by atoms with van der Waals surface area (Å²) in [5.74, 6) is 0. The molecular formula is C7H16O2S2Se2. The van der Waals surface area contributed by atoms with Gasteiger partial charge in [0.05, 0.1) is 0 Å². The summed E-state index contributed by atoms with van der Waals surface area (Å²) in [5.41, 5.74) is 0. The first kappa shape index (κ1) is 14.7. The molecule has 6 heteroatoms. The summed E-state index contributed by atoms with van der Waals surface area (Å²) in [6.07, 6.45) is 0. The number of thiol groups is 2. The van der Waals surface area contributed by atoms with Gasteiger partial charge < -0.3 is 0 Å². The number of rotatable bonds is 5. The zero-order valence-electron chi connectivity index (χ0n) is 7.84. The molecule has 0 aliphatic carbocycles. The van der Waals surface area contributed by atoms with Gasteiger partial charge in [-0.25, -0.2) is 0 Å². The van der Waals surface area contributed by atoms with Crippen LogP contribution in [0, 0.1) is 0 Å². The van der Waals surface area contributed by atoms with Gasteiger partial charge in [0.2, 0.25) is 0 Å². The van der Waals surface area contributed by atoms with Crippen LogP contribution in [-0.4, -0.2) is 53.1 Å². The Balaban J connectivity index is 4.10. The fraction of sp³-hybridized carbons (Fsp3) is 1.00. The van der Waals surface area contributed by atoms with E-state index in [1.54, 1.807) is 0 Å². The van der Waals surface area contributed by atoms with Crippen molar-refractivity contribution in [3.05, 3.63) is 0 Å². The van der Waals surface area contributed by atoms with Gasteiger partial charge in [-0.2, -0.15) is 0 Å². The van der Waals surface area contributed by atoms with E-state index in [-0.39, 0.29) is 43.0 Å². The van der Waals surface area contributed by atoms with Gasteiger partial charge in [0.25, 0.3) is 0 Å². The van der Waals surface area contributed by atoms with E-state index in [2.05, 4.69) is 25.3 Å². The van der Waals surface area contributed by atoms with Crippen molar-refractivity contribution in [2.75, 3.05) is 0 Å². The molecule has 0 radical (unpaired) electrons. The van der Waals surface area contributed by atoms with Crippen LogP contribution >= 0.6 is 25.3 Å². The topological polar surface area (TPSA) is 40.5 Å². The van der Waals surface area contributed by atoms with E-state index < -0.39 is 4.69 Å². The Bertz CT molecular complexity index is 153. The Morgan fingerprint density at radius 2 is 1.54 bits per heavy atom. The van der Waals surface area contributed by atoms with E-state index in [9.17, 15) is 10.2 Å². The third-order valence-electron chi connectivity index (χ3n) is 1.27. The van der Waals surface area contributed by atoms with E-state index in [4.69, 9.17) is 0 Å². The minimum absolute atomic E-state index is 0.0657. The number of hydrogen-bond donors (Lipinski definition) is 4. The third-order valence-corrected chi connectivity index (χ3v) is 7.77. The molecule has 0 aromatic rings. The van der Waals surface area contributed by atoms with E-state index in [0.717, 1.165) is 0 Å². The molecular weight excluding hydrogens is 338 g/mol. The van der Waals surface area contributed by atoms with Crippen LogP contribution in [0.15, 0.2) is 0 Å². The summed E-state index contributed by atoms with van der Waals surface area (Å²) in [6.45, 7) is 5.73. The van der Waals surface area contributed by atoms with Crippen molar-refractivity contribution >= 4 is 55.2 Å². The van der Waals surface area contributed by atoms with E-state index in [0.29, 0.717) is 0 Å². The van der Waals surface area contributed by atoms with Crippen LogP contribution in [0.25, 0.3) is 0 Å². The molecule has 0 bridgehead atoms. The van der Waals surface area contributed by atoms with Crippen molar-refractivity contribution in [3.63, 3.8) is 0 Å². The number of hydrogen-bond acceptors (Lipinski definition) is 4. The summed E-state index contributed by atoms with van der Waals surface area (Å²) in [5, 5.41) is 19.4. The normalized spacial score (nSPS) is 19.6. The predicted molar refractivity (Wildman–Crippen MR) is 65.0 cm³/mol. The molecule has 13 heavy (non-hydrogen) atoms. The van der Waals surface area contributed by atoms with Crippen LogP contribution in [-0.2, 0) is 0 Å². The first-order valence-electron chi connectivity index (χ1n) is 3.90. The van der Waals surface area contributed by atoms with Crippen LogP contribution in [0.4, 0.5) is 0 Å². The van der Waals surface area contributed by atoms with Crippen LogP contribution in [0.2, 0.25) is 4.82 Å². The Morgan fingerprint density at radius 3 is 1.85 bits per heavy atom. The summed E-state index contributed by atoms with van der Waals surface area (Å²) >= 11 is 8.31. The molecule has 0 aliphatic heterocycles. The Labute approximate surface area is 103 Å². The van der Waals surface area contributed by atoms with Crippen LogP contribution in [0.1, 0.15) is 20.8 Å². The fourth-order valence-electron chi connectivity index (χ4n) is 0.731. The zero-order chi connectivity index (χ0) is 10.6. The molecule has 0 saturated heterocycles. The van der Waals surface area contributed by atoms with Crippen molar-refractivity contribution in [1.29, 1.82) is 0 Å². The molecule has 3 unspecified atom stereocenters. The molecule has 0 rings (SSSR count). The first-order valence-corrected chi connectivity index (χ1v) is 8.75. The molecule has 2 N–H and O–H groups in total. The van der Waals surface area contributed by atoms with E-state index in [1.165, 1.54) is 0 Å². The van der Waals surface area contributed by atoms with Crippen molar-refractivity contribution in [1.82, 2.24) is 0 Å². The van der Waals surface area contributed by atoms with Crippen LogP contribution < -0.4 is 0 Å². The maximum absolute atomic E-state index is 9.72. The van der Waals surface area contributed by atoms with E-state index in [1.807, 2.05) is 20.8 Å². The second-order valence-corrected chi connectivity index (χ2v) is 12.6. The van der Waals surface area contributed by atoms with Gasteiger partial charge in [-0.15, -0.1) is 0 Å². The minimum atomic E-state index is -1.52. The molecule has 0 aliphatic rings. The van der Waals surface area contributed by atoms with Gasteiger partial charge in [-0.3, -0.25) is 0 Å².